The lowest BCUT2D eigenvalue weighted by Crippen LogP contribution is -2.24. The minimum Gasteiger partial charge on any atom is -0.366 e. The number of carbonyl (C=O) groups is 2. The van der Waals surface area contributed by atoms with Gasteiger partial charge in [-0.3, -0.25) is 4.79 Å². The van der Waals surface area contributed by atoms with E-state index in [2.05, 4.69) is 5.10 Å². The zero-order valence-corrected chi connectivity index (χ0v) is 7.81. The predicted octanol–water partition coefficient (Wildman–Crippen LogP) is -0.212. The molecule has 6 nitrogen and oxygen atoms in total. The van der Waals surface area contributed by atoms with Crippen molar-refractivity contribution in [1.29, 1.82) is 0 Å². The summed E-state index contributed by atoms with van der Waals surface area (Å²) in [5.74, 6) is -0.492. The molecule has 1 aromatic carbocycles. The lowest BCUT2D eigenvalue weighted by molar-refractivity contribution is 0.100. The fourth-order valence-electron chi connectivity index (χ4n) is 0.904. The summed E-state index contributed by atoms with van der Waals surface area (Å²) in [6.07, 6.45) is 1.40. The maximum absolute atomic E-state index is 10.7. The molecule has 0 saturated heterocycles. The van der Waals surface area contributed by atoms with Crippen LogP contribution in [0, 0.1) is 0 Å². The monoisotopic (exact) mass is 206 g/mol. The molecule has 15 heavy (non-hydrogen) atoms. The van der Waals surface area contributed by atoms with Crippen molar-refractivity contribution in [2.45, 2.75) is 0 Å². The molecule has 0 spiro atoms. The first kappa shape index (κ1) is 10.7. The summed E-state index contributed by atoms with van der Waals surface area (Å²) in [6, 6.07) is 5.68. The fraction of sp³-hybridized carbons (Fsp3) is 0. The van der Waals surface area contributed by atoms with Crippen molar-refractivity contribution in [1.82, 2.24) is 5.43 Å². The molecular weight excluding hydrogens is 196 g/mol. The molecular formula is C9H10N4O2. The van der Waals surface area contributed by atoms with Crippen LogP contribution in [0.15, 0.2) is 29.4 Å². The van der Waals surface area contributed by atoms with Gasteiger partial charge < -0.3 is 11.5 Å². The van der Waals surface area contributed by atoms with Crippen LogP contribution in [-0.4, -0.2) is 18.2 Å². The number of amides is 3. The van der Waals surface area contributed by atoms with Crippen LogP contribution in [0.3, 0.4) is 0 Å². The van der Waals surface area contributed by atoms with E-state index < -0.39 is 11.9 Å². The second-order valence-corrected chi connectivity index (χ2v) is 2.72. The Labute approximate surface area is 85.9 Å². The highest BCUT2D eigenvalue weighted by Crippen LogP contribution is 2.01. The van der Waals surface area contributed by atoms with E-state index in [1.54, 1.807) is 24.3 Å². The van der Waals surface area contributed by atoms with E-state index in [1.807, 2.05) is 5.43 Å². The Morgan fingerprint density at radius 3 is 2.27 bits per heavy atom. The van der Waals surface area contributed by atoms with E-state index in [9.17, 15) is 9.59 Å². The molecule has 6 heteroatoms. The lowest BCUT2D eigenvalue weighted by atomic mass is 10.1. The van der Waals surface area contributed by atoms with Crippen LogP contribution in [0.2, 0.25) is 0 Å². The predicted molar refractivity (Wildman–Crippen MR) is 55.3 cm³/mol. The number of hydrazone groups is 1. The number of nitrogens with two attached hydrogens (primary N) is 2. The number of nitrogens with one attached hydrogen (secondary N) is 1. The van der Waals surface area contributed by atoms with Crippen LogP contribution in [-0.2, 0) is 0 Å². The molecule has 78 valence electrons. The molecule has 0 aliphatic rings. The normalized spacial score (nSPS) is 10.1. The summed E-state index contributed by atoms with van der Waals surface area (Å²) in [7, 11) is 0. The first-order chi connectivity index (χ1) is 7.09. The third kappa shape index (κ3) is 3.47. The standard InChI is InChI=1S/C9H10N4O2/c10-8(14)7-3-1-6(2-4-7)5-12-13-9(11)15/h1-5H,(H2,10,14)(H3,11,13,15). The number of hydrogen-bond donors (Lipinski definition) is 3. The third-order valence-corrected chi connectivity index (χ3v) is 1.58. The number of rotatable bonds is 3. The van der Waals surface area contributed by atoms with Gasteiger partial charge in [-0.2, -0.15) is 5.10 Å². The van der Waals surface area contributed by atoms with Gasteiger partial charge in [0.2, 0.25) is 5.91 Å². The molecule has 0 atom stereocenters. The van der Waals surface area contributed by atoms with E-state index >= 15 is 0 Å². The van der Waals surface area contributed by atoms with Crippen LogP contribution in [0.5, 0.6) is 0 Å². The van der Waals surface area contributed by atoms with Crippen molar-refractivity contribution in [3.05, 3.63) is 35.4 Å². The van der Waals surface area contributed by atoms with Gasteiger partial charge in [-0.1, -0.05) is 12.1 Å². The zero-order chi connectivity index (χ0) is 11.3. The van der Waals surface area contributed by atoms with Crippen LogP contribution >= 0.6 is 0 Å². The quantitative estimate of drug-likeness (QED) is 0.469. The van der Waals surface area contributed by atoms with Crippen molar-refractivity contribution in [2.75, 3.05) is 0 Å². The lowest BCUT2D eigenvalue weighted by Gasteiger charge is -1.96. The van der Waals surface area contributed by atoms with E-state index in [-0.39, 0.29) is 0 Å². The highest BCUT2D eigenvalue weighted by Gasteiger charge is 1.97. The average molecular weight is 206 g/mol. The Hall–Kier alpha value is -2.37. The van der Waals surface area contributed by atoms with Crippen molar-refractivity contribution in [3.63, 3.8) is 0 Å². The van der Waals surface area contributed by atoms with Crippen molar-refractivity contribution < 1.29 is 9.59 Å². The van der Waals surface area contributed by atoms with Crippen molar-refractivity contribution in [2.24, 2.45) is 16.6 Å². The Bertz CT molecular complexity index is 397. The Morgan fingerprint density at radius 1 is 1.20 bits per heavy atom. The number of primary amides is 2. The second-order valence-electron chi connectivity index (χ2n) is 2.72. The highest BCUT2D eigenvalue weighted by molar-refractivity contribution is 5.93. The summed E-state index contributed by atoms with van der Waals surface area (Å²) in [6.45, 7) is 0. The van der Waals surface area contributed by atoms with E-state index in [0.717, 1.165) is 0 Å². The second kappa shape index (κ2) is 4.75. The minimum atomic E-state index is -0.736. The summed E-state index contributed by atoms with van der Waals surface area (Å²) in [5, 5.41) is 3.55. The fourth-order valence-corrected chi connectivity index (χ4v) is 0.904. The topological polar surface area (TPSA) is 111 Å². The molecule has 0 fully saturated rings. The first-order valence-corrected chi connectivity index (χ1v) is 4.08. The maximum atomic E-state index is 10.7. The van der Waals surface area contributed by atoms with Crippen LogP contribution < -0.4 is 16.9 Å². The molecule has 0 saturated carbocycles. The molecule has 0 aliphatic heterocycles. The molecule has 5 N–H and O–H groups in total. The van der Waals surface area contributed by atoms with Crippen molar-refractivity contribution in [3.8, 4) is 0 Å². The largest absolute Gasteiger partial charge is 0.366 e. The highest BCUT2D eigenvalue weighted by atomic mass is 16.2. The van der Waals surface area contributed by atoms with Crippen molar-refractivity contribution >= 4 is 18.2 Å². The number of benzene rings is 1. The first-order valence-electron chi connectivity index (χ1n) is 4.08. The summed E-state index contributed by atoms with van der Waals surface area (Å²) in [5.41, 5.74) is 13.0. The van der Waals surface area contributed by atoms with Crippen LogP contribution in [0.4, 0.5) is 4.79 Å². The molecule has 1 aromatic rings. The maximum Gasteiger partial charge on any atom is 0.332 e. The Kier molecular flexibility index (Phi) is 3.39. The van der Waals surface area contributed by atoms with E-state index in [1.165, 1.54) is 6.21 Å². The number of carbonyl (C=O) groups excluding carboxylic acids is 2. The molecule has 1 rings (SSSR count). The van der Waals surface area contributed by atoms with Gasteiger partial charge in [0.15, 0.2) is 0 Å². The minimum absolute atomic E-state index is 0.412. The molecule has 0 aliphatic carbocycles. The van der Waals surface area contributed by atoms with Gasteiger partial charge in [-0.25, -0.2) is 10.2 Å². The smallest absolute Gasteiger partial charge is 0.332 e. The molecule has 0 bridgehead atoms. The van der Waals surface area contributed by atoms with E-state index in [0.29, 0.717) is 11.1 Å². The van der Waals surface area contributed by atoms with Gasteiger partial charge >= 0.3 is 6.03 Å². The number of hydrogen-bond acceptors (Lipinski definition) is 3. The number of urea groups is 1. The van der Waals surface area contributed by atoms with Gasteiger partial charge in [0.25, 0.3) is 0 Å². The van der Waals surface area contributed by atoms with Gasteiger partial charge in [0, 0.05) is 5.56 Å². The Balaban J connectivity index is 2.68. The van der Waals surface area contributed by atoms with Crippen LogP contribution in [0.25, 0.3) is 0 Å². The Morgan fingerprint density at radius 2 is 1.80 bits per heavy atom. The molecule has 0 heterocycles. The van der Waals surface area contributed by atoms with Gasteiger partial charge in [-0.15, -0.1) is 0 Å². The SMILES string of the molecule is NC(=O)NN=Cc1ccc(C(N)=O)cc1. The molecule has 0 unspecified atom stereocenters. The average Bonchev–Trinajstić information content (AvgIpc) is 2.18. The summed E-state index contributed by atoms with van der Waals surface area (Å²) < 4.78 is 0. The van der Waals surface area contributed by atoms with Gasteiger partial charge in [-0.05, 0) is 17.7 Å². The summed E-state index contributed by atoms with van der Waals surface area (Å²) in [4.78, 5) is 21.0. The summed E-state index contributed by atoms with van der Waals surface area (Å²) >= 11 is 0. The molecule has 0 aromatic heterocycles. The van der Waals surface area contributed by atoms with Gasteiger partial charge in [0.1, 0.15) is 0 Å². The van der Waals surface area contributed by atoms with E-state index in [4.69, 9.17) is 11.5 Å². The molecule has 0 radical (unpaired) electrons. The van der Waals surface area contributed by atoms with Crippen LogP contribution in [0.1, 0.15) is 15.9 Å². The van der Waals surface area contributed by atoms with Gasteiger partial charge in [0.05, 0.1) is 6.21 Å². The number of nitrogens with zero attached hydrogens (tertiary/aromatic N) is 1. The zero-order valence-electron chi connectivity index (χ0n) is 7.81. The third-order valence-electron chi connectivity index (χ3n) is 1.58. The molecule has 3 amide bonds.